The van der Waals surface area contributed by atoms with Crippen LogP contribution in [0.2, 0.25) is 0 Å². The Bertz CT molecular complexity index is 1020. The molecule has 1 aromatic carbocycles. The van der Waals surface area contributed by atoms with Gasteiger partial charge in [0.1, 0.15) is 10.7 Å². The van der Waals surface area contributed by atoms with E-state index in [0.29, 0.717) is 28.6 Å². The van der Waals surface area contributed by atoms with Crippen LogP contribution in [0.15, 0.2) is 34.4 Å². The van der Waals surface area contributed by atoms with Gasteiger partial charge in [-0.1, -0.05) is 43.7 Å². The first kappa shape index (κ1) is 20.6. The monoisotopic (exact) mass is 415 g/mol. The average molecular weight is 416 g/mol. The summed E-state index contributed by atoms with van der Waals surface area (Å²) in [5.74, 6) is 1.84. The van der Waals surface area contributed by atoms with Gasteiger partial charge in [-0.2, -0.15) is 0 Å². The number of aromatic amines is 1. The summed E-state index contributed by atoms with van der Waals surface area (Å²) in [4.78, 5) is 32.9. The van der Waals surface area contributed by atoms with Crippen LogP contribution in [-0.2, 0) is 10.5 Å². The van der Waals surface area contributed by atoms with E-state index in [9.17, 15) is 9.59 Å². The van der Waals surface area contributed by atoms with Crippen molar-refractivity contribution in [3.63, 3.8) is 0 Å². The third kappa shape index (κ3) is 4.83. The van der Waals surface area contributed by atoms with Crippen LogP contribution < -0.4 is 10.9 Å². The lowest BCUT2D eigenvalue weighted by Gasteiger charge is -2.17. The number of aryl methyl sites for hydroxylation is 1. The molecular weight excluding hydrogens is 390 g/mol. The smallest absolute Gasteiger partial charge is 0.260 e. The molecule has 0 radical (unpaired) electrons. The highest BCUT2D eigenvalue weighted by molar-refractivity contribution is 7.99. The third-order valence-corrected chi connectivity index (χ3v) is 6.53. The normalized spacial score (nSPS) is 12.5. The number of thiophene rings is 1. The predicted molar refractivity (Wildman–Crippen MR) is 119 cm³/mol. The maximum atomic E-state index is 12.7. The fourth-order valence-corrected chi connectivity index (χ4v) is 4.38. The van der Waals surface area contributed by atoms with E-state index in [-0.39, 0.29) is 17.5 Å². The Morgan fingerprint density at radius 2 is 1.96 bits per heavy atom. The van der Waals surface area contributed by atoms with E-state index in [0.717, 1.165) is 16.0 Å². The molecule has 0 fully saturated rings. The van der Waals surface area contributed by atoms with Crippen LogP contribution in [0.5, 0.6) is 0 Å². The van der Waals surface area contributed by atoms with Crippen LogP contribution in [0, 0.1) is 12.8 Å². The molecule has 2 N–H and O–H groups in total. The maximum absolute atomic E-state index is 12.7. The molecule has 0 aliphatic heterocycles. The quantitative estimate of drug-likeness (QED) is 0.601. The lowest BCUT2D eigenvalue weighted by atomic mass is 10.1. The molecule has 0 bridgehead atoms. The van der Waals surface area contributed by atoms with Gasteiger partial charge in [0, 0.05) is 17.0 Å². The molecule has 0 aliphatic carbocycles. The summed E-state index contributed by atoms with van der Waals surface area (Å²) >= 11 is 2.92. The number of carbonyl (C=O) groups excluding carboxylic acids is 1. The molecule has 3 rings (SSSR count). The molecule has 148 valence electrons. The van der Waals surface area contributed by atoms with Crippen molar-refractivity contribution in [1.82, 2.24) is 15.3 Å². The van der Waals surface area contributed by atoms with E-state index < -0.39 is 0 Å². The Hall–Kier alpha value is -2.12. The SMILES string of the molecule is Cc1ccc(-c2csc3nc(CSCC(=O)N[C@H](C)C(C)C)[nH]c(=O)c23)cc1. The summed E-state index contributed by atoms with van der Waals surface area (Å²) in [6.45, 7) is 8.20. The minimum atomic E-state index is -0.129. The zero-order valence-corrected chi connectivity index (χ0v) is 18.2. The van der Waals surface area contributed by atoms with Crippen LogP contribution in [-0.4, -0.2) is 27.7 Å². The molecule has 1 atom stereocenters. The molecule has 2 heterocycles. The zero-order valence-electron chi connectivity index (χ0n) is 16.5. The van der Waals surface area contributed by atoms with Crippen molar-refractivity contribution in [3.8, 4) is 11.1 Å². The number of H-pyrrole nitrogens is 1. The lowest BCUT2D eigenvalue weighted by molar-refractivity contribution is -0.119. The van der Waals surface area contributed by atoms with Crippen LogP contribution in [0.1, 0.15) is 32.2 Å². The van der Waals surface area contributed by atoms with Crippen molar-refractivity contribution in [3.05, 3.63) is 51.4 Å². The summed E-state index contributed by atoms with van der Waals surface area (Å²) in [5.41, 5.74) is 2.98. The van der Waals surface area contributed by atoms with Gasteiger partial charge in [0.05, 0.1) is 16.9 Å². The second-order valence-electron chi connectivity index (χ2n) is 7.30. The van der Waals surface area contributed by atoms with Gasteiger partial charge in [-0.15, -0.1) is 23.1 Å². The van der Waals surface area contributed by atoms with Crippen molar-refractivity contribution in [1.29, 1.82) is 0 Å². The fraction of sp³-hybridized carbons (Fsp3) is 0.381. The molecule has 5 nitrogen and oxygen atoms in total. The van der Waals surface area contributed by atoms with E-state index in [1.807, 2.05) is 43.5 Å². The van der Waals surface area contributed by atoms with E-state index >= 15 is 0 Å². The summed E-state index contributed by atoms with van der Waals surface area (Å²) in [6.07, 6.45) is 0. The highest BCUT2D eigenvalue weighted by Gasteiger charge is 2.14. The van der Waals surface area contributed by atoms with E-state index in [1.54, 1.807) is 0 Å². The maximum Gasteiger partial charge on any atom is 0.260 e. The molecule has 28 heavy (non-hydrogen) atoms. The van der Waals surface area contributed by atoms with Crippen molar-refractivity contribution >= 4 is 39.2 Å². The highest BCUT2D eigenvalue weighted by atomic mass is 32.2. The topological polar surface area (TPSA) is 74.8 Å². The van der Waals surface area contributed by atoms with Gasteiger partial charge in [-0.05, 0) is 25.3 Å². The number of hydrogen-bond donors (Lipinski definition) is 2. The molecule has 3 aromatic rings. The van der Waals surface area contributed by atoms with E-state index in [4.69, 9.17) is 0 Å². The number of carbonyl (C=O) groups is 1. The first-order valence-corrected chi connectivity index (χ1v) is 11.3. The largest absolute Gasteiger partial charge is 0.353 e. The van der Waals surface area contributed by atoms with Crippen LogP contribution in [0.3, 0.4) is 0 Å². The summed E-state index contributed by atoms with van der Waals surface area (Å²) in [6, 6.07) is 8.27. The fourth-order valence-electron chi connectivity index (χ4n) is 2.71. The number of nitrogens with one attached hydrogen (secondary N) is 2. The molecule has 0 saturated heterocycles. The van der Waals surface area contributed by atoms with Gasteiger partial charge in [0.15, 0.2) is 0 Å². The number of nitrogens with zero attached hydrogens (tertiary/aromatic N) is 1. The number of aromatic nitrogens is 2. The Balaban J connectivity index is 1.70. The van der Waals surface area contributed by atoms with Gasteiger partial charge in [0.2, 0.25) is 5.91 Å². The van der Waals surface area contributed by atoms with Gasteiger partial charge >= 0.3 is 0 Å². The molecule has 0 spiro atoms. The minimum absolute atomic E-state index is 0.00686. The van der Waals surface area contributed by atoms with Crippen LogP contribution in [0.25, 0.3) is 21.3 Å². The number of amides is 1. The molecule has 0 unspecified atom stereocenters. The Labute approximate surface area is 173 Å². The molecule has 2 aromatic heterocycles. The molecule has 1 amide bonds. The van der Waals surface area contributed by atoms with Crippen molar-refractivity contribution in [2.24, 2.45) is 5.92 Å². The van der Waals surface area contributed by atoms with E-state index in [1.165, 1.54) is 28.7 Å². The number of thioether (sulfide) groups is 1. The number of fused-ring (bicyclic) bond motifs is 1. The third-order valence-electron chi connectivity index (χ3n) is 4.72. The van der Waals surface area contributed by atoms with Crippen molar-refractivity contribution < 1.29 is 4.79 Å². The first-order valence-electron chi connectivity index (χ1n) is 9.29. The van der Waals surface area contributed by atoms with E-state index in [2.05, 4.69) is 29.1 Å². The summed E-state index contributed by atoms with van der Waals surface area (Å²) < 4.78 is 0. The van der Waals surface area contributed by atoms with Gasteiger partial charge < -0.3 is 10.3 Å². The van der Waals surface area contributed by atoms with Gasteiger partial charge in [-0.3, -0.25) is 9.59 Å². The Morgan fingerprint density at radius 1 is 1.25 bits per heavy atom. The van der Waals surface area contributed by atoms with Crippen molar-refractivity contribution in [2.75, 3.05) is 5.75 Å². The van der Waals surface area contributed by atoms with Crippen LogP contribution >= 0.6 is 23.1 Å². The lowest BCUT2D eigenvalue weighted by Crippen LogP contribution is -2.37. The van der Waals surface area contributed by atoms with Gasteiger partial charge in [-0.25, -0.2) is 4.98 Å². The zero-order chi connectivity index (χ0) is 20.3. The van der Waals surface area contributed by atoms with Gasteiger partial charge in [0.25, 0.3) is 5.56 Å². The average Bonchev–Trinajstić information content (AvgIpc) is 3.06. The number of hydrogen-bond acceptors (Lipinski definition) is 5. The molecule has 7 heteroatoms. The standard InChI is InChI=1S/C21H25N3O2S2/c1-12(2)14(4)22-18(25)11-27-10-17-23-20(26)19-16(9-28-21(19)24-17)15-7-5-13(3)6-8-15/h5-9,12,14H,10-11H2,1-4H3,(H,22,25)(H,23,24,26)/t14-/m1/s1. The first-order chi connectivity index (χ1) is 13.3. The second kappa shape index (κ2) is 8.92. The Morgan fingerprint density at radius 3 is 2.64 bits per heavy atom. The van der Waals surface area contributed by atoms with Crippen LogP contribution in [0.4, 0.5) is 0 Å². The molecule has 0 aliphatic rings. The summed E-state index contributed by atoms with van der Waals surface area (Å²) in [7, 11) is 0. The molecular formula is C21H25N3O2S2. The summed E-state index contributed by atoms with van der Waals surface area (Å²) in [5, 5.41) is 5.59. The predicted octanol–water partition coefficient (Wildman–Crippen LogP) is 4.35. The highest BCUT2D eigenvalue weighted by Crippen LogP contribution is 2.31. The number of rotatable bonds is 7. The number of benzene rings is 1. The van der Waals surface area contributed by atoms with Crippen molar-refractivity contribution in [2.45, 2.75) is 39.5 Å². The Kier molecular flexibility index (Phi) is 6.57. The minimum Gasteiger partial charge on any atom is -0.353 e. The second-order valence-corrected chi connectivity index (χ2v) is 9.14. The molecule has 0 saturated carbocycles.